The fourth-order valence-corrected chi connectivity index (χ4v) is 7.40. The average Bonchev–Trinajstić information content (AvgIpc) is 3.93. The minimum absolute atomic E-state index is 0.0263. The van der Waals surface area contributed by atoms with E-state index in [1.165, 1.54) is 0 Å². The van der Waals surface area contributed by atoms with Crippen LogP contribution in [0, 0.1) is 0 Å². The summed E-state index contributed by atoms with van der Waals surface area (Å²) in [5, 5.41) is 2.07. The number of hydrogen-bond acceptors (Lipinski definition) is 10. The zero-order valence-corrected chi connectivity index (χ0v) is 27.5. The van der Waals surface area contributed by atoms with Crippen molar-refractivity contribution >= 4 is 45.5 Å². The van der Waals surface area contributed by atoms with Crippen molar-refractivity contribution < 1.29 is 19.1 Å². The number of carbonyl (C=O) groups excluding carboxylic acids is 2. The SMILES string of the molecule is COCC(=O)N1CCN(c2ncnc3[nH]ccc23)CC12CC2.O=C(COc1ccccc1)N1CCN(c2ncnc3[nH]ccc23)CC12CC2. The van der Waals surface area contributed by atoms with Gasteiger partial charge in [-0.2, -0.15) is 0 Å². The van der Waals surface area contributed by atoms with Crippen molar-refractivity contribution in [2.24, 2.45) is 0 Å². The van der Waals surface area contributed by atoms with Gasteiger partial charge in [0.25, 0.3) is 5.91 Å². The van der Waals surface area contributed by atoms with Gasteiger partial charge in [0.05, 0.1) is 21.9 Å². The second-order valence-electron chi connectivity index (χ2n) is 13.3. The highest BCUT2D eigenvalue weighted by Crippen LogP contribution is 2.46. The molecule has 4 aromatic heterocycles. The first kappa shape index (κ1) is 31.1. The minimum atomic E-state index is -0.0804. The molecule has 2 saturated carbocycles. The Labute approximate surface area is 283 Å². The number of nitrogens with zero attached hydrogens (tertiary/aromatic N) is 8. The maximum absolute atomic E-state index is 12.8. The number of methoxy groups -OCH3 is 1. The molecule has 2 aliphatic heterocycles. The lowest BCUT2D eigenvalue weighted by molar-refractivity contribution is -0.139. The first-order valence-electron chi connectivity index (χ1n) is 16.8. The van der Waals surface area contributed by atoms with Gasteiger partial charge >= 0.3 is 0 Å². The Kier molecular flexibility index (Phi) is 8.02. The highest BCUT2D eigenvalue weighted by Gasteiger charge is 2.54. The van der Waals surface area contributed by atoms with Gasteiger partial charge in [0.2, 0.25) is 5.91 Å². The third-order valence-electron chi connectivity index (χ3n) is 10.2. The van der Waals surface area contributed by atoms with E-state index >= 15 is 0 Å². The molecule has 4 aliphatic rings. The summed E-state index contributed by atoms with van der Waals surface area (Å²) in [5.41, 5.74) is 1.59. The minimum Gasteiger partial charge on any atom is -0.484 e. The van der Waals surface area contributed by atoms with E-state index in [-0.39, 0.29) is 36.1 Å². The Morgan fingerprint density at radius 1 is 0.694 bits per heavy atom. The molecule has 14 heteroatoms. The summed E-state index contributed by atoms with van der Waals surface area (Å²) < 4.78 is 10.7. The summed E-state index contributed by atoms with van der Waals surface area (Å²) in [7, 11) is 1.57. The van der Waals surface area contributed by atoms with Crippen LogP contribution in [0.4, 0.5) is 11.6 Å². The number of piperazine rings is 2. The van der Waals surface area contributed by atoms with Crippen molar-refractivity contribution in [1.82, 2.24) is 39.7 Å². The summed E-state index contributed by atoms with van der Waals surface area (Å²) in [6.07, 6.45) is 11.1. The molecule has 0 radical (unpaired) electrons. The zero-order chi connectivity index (χ0) is 33.4. The van der Waals surface area contributed by atoms with Crippen LogP contribution in [0.25, 0.3) is 22.1 Å². The molecule has 6 heterocycles. The smallest absolute Gasteiger partial charge is 0.261 e. The van der Waals surface area contributed by atoms with E-state index in [1.807, 2.05) is 64.7 Å². The topological polar surface area (TPSA) is 149 Å². The number of fused-ring (bicyclic) bond motifs is 2. The second kappa shape index (κ2) is 12.7. The van der Waals surface area contributed by atoms with Gasteiger partial charge in [0, 0.05) is 58.8 Å². The standard InChI is InChI=1S/C20H21N5O2.C15H19N5O2/c26-17(12-27-15-4-2-1-3-5-15)25-11-10-24(13-20(25)7-8-20)19-16-6-9-21-18(16)22-14-23-19;1-22-8-12(21)20-7-6-19(9-15(20)3-4-15)14-11-2-5-16-13(11)17-10-18-14/h1-6,9,14H,7-8,10-13H2,(H,21,22,23);2,5,10H,3-4,6-9H2,1H3,(H,16,17,18). The number of rotatable bonds is 7. The van der Waals surface area contributed by atoms with Crippen LogP contribution < -0.4 is 14.5 Å². The van der Waals surface area contributed by atoms with Gasteiger partial charge in [0.15, 0.2) is 6.61 Å². The number of amides is 2. The number of nitrogens with one attached hydrogen (secondary N) is 2. The van der Waals surface area contributed by atoms with Crippen LogP contribution in [0.3, 0.4) is 0 Å². The summed E-state index contributed by atoms with van der Waals surface area (Å²) in [5.74, 6) is 2.78. The molecule has 5 aromatic rings. The van der Waals surface area contributed by atoms with E-state index in [1.54, 1.807) is 19.8 Å². The molecule has 0 unspecified atom stereocenters. The second-order valence-corrected chi connectivity index (χ2v) is 13.3. The first-order valence-corrected chi connectivity index (χ1v) is 16.8. The van der Waals surface area contributed by atoms with Crippen molar-refractivity contribution in [3.05, 3.63) is 67.5 Å². The number of benzene rings is 1. The van der Waals surface area contributed by atoms with Gasteiger partial charge in [-0.25, -0.2) is 19.9 Å². The molecule has 0 atom stereocenters. The van der Waals surface area contributed by atoms with Crippen LogP contribution >= 0.6 is 0 Å². The molecule has 9 rings (SSSR count). The lowest BCUT2D eigenvalue weighted by Crippen LogP contribution is -2.58. The predicted molar refractivity (Wildman–Crippen MR) is 183 cm³/mol. The lowest BCUT2D eigenvalue weighted by Gasteiger charge is -2.42. The Morgan fingerprint density at radius 2 is 1.20 bits per heavy atom. The number of ether oxygens (including phenoxy) is 2. The summed E-state index contributed by atoms with van der Waals surface area (Å²) >= 11 is 0. The molecule has 49 heavy (non-hydrogen) atoms. The van der Waals surface area contributed by atoms with E-state index in [9.17, 15) is 9.59 Å². The van der Waals surface area contributed by atoms with Crippen LogP contribution in [0.1, 0.15) is 25.7 Å². The van der Waals surface area contributed by atoms with E-state index in [0.29, 0.717) is 6.54 Å². The number of H-pyrrole nitrogens is 2. The number of aromatic amines is 2. The van der Waals surface area contributed by atoms with Crippen LogP contribution in [-0.2, 0) is 14.3 Å². The van der Waals surface area contributed by atoms with E-state index < -0.39 is 0 Å². The van der Waals surface area contributed by atoms with Crippen molar-refractivity contribution in [3.8, 4) is 5.75 Å². The molecule has 2 amide bonds. The Balaban J connectivity index is 0.000000145. The zero-order valence-electron chi connectivity index (χ0n) is 27.5. The molecule has 4 fully saturated rings. The summed E-state index contributed by atoms with van der Waals surface area (Å²) in [4.78, 5) is 57.3. The molecule has 2 spiro atoms. The van der Waals surface area contributed by atoms with Gasteiger partial charge in [-0.05, 0) is 49.9 Å². The van der Waals surface area contributed by atoms with Crippen molar-refractivity contribution in [2.45, 2.75) is 36.8 Å². The average molecular weight is 665 g/mol. The molecule has 2 saturated heterocycles. The molecule has 0 bridgehead atoms. The van der Waals surface area contributed by atoms with E-state index in [0.717, 1.165) is 97.9 Å². The van der Waals surface area contributed by atoms with E-state index in [2.05, 4.69) is 39.7 Å². The Morgan fingerprint density at radius 3 is 1.69 bits per heavy atom. The largest absolute Gasteiger partial charge is 0.484 e. The fourth-order valence-electron chi connectivity index (χ4n) is 7.40. The number of aromatic nitrogens is 6. The lowest BCUT2D eigenvalue weighted by atomic mass is 10.1. The van der Waals surface area contributed by atoms with Crippen LogP contribution in [-0.4, -0.2) is 122 Å². The Hall–Kier alpha value is -5.24. The third kappa shape index (κ3) is 6.01. The molecule has 254 valence electrons. The quantitative estimate of drug-likeness (QED) is 0.266. The van der Waals surface area contributed by atoms with Crippen LogP contribution in [0.2, 0.25) is 0 Å². The van der Waals surface area contributed by atoms with Crippen LogP contribution in [0.15, 0.2) is 67.5 Å². The number of anilines is 2. The van der Waals surface area contributed by atoms with Gasteiger partial charge in [-0.15, -0.1) is 0 Å². The van der Waals surface area contributed by atoms with Crippen LogP contribution in [0.5, 0.6) is 5.75 Å². The Bertz CT molecular complexity index is 1950. The summed E-state index contributed by atoms with van der Waals surface area (Å²) in [6.45, 7) is 4.84. The van der Waals surface area contributed by atoms with Crippen molar-refractivity contribution in [2.75, 3.05) is 69.4 Å². The fraction of sp³-hybridized carbons (Fsp3) is 0.429. The summed E-state index contributed by atoms with van der Waals surface area (Å²) in [6, 6.07) is 13.5. The highest BCUT2D eigenvalue weighted by atomic mass is 16.5. The van der Waals surface area contributed by atoms with E-state index in [4.69, 9.17) is 9.47 Å². The van der Waals surface area contributed by atoms with Gasteiger partial charge in [-0.1, -0.05) is 18.2 Å². The number of carbonyl (C=O) groups is 2. The van der Waals surface area contributed by atoms with Crippen molar-refractivity contribution in [3.63, 3.8) is 0 Å². The number of para-hydroxylation sites is 1. The number of hydrogen-bond donors (Lipinski definition) is 2. The maximum atomic E-state index is 12.8. The predicted octanol–water partition coefficient (Wildman–Crippen LogP) is 3.00. The van der Waals surface area contributed by atoms with Crippen molar-refractivity contribution in [1.29, 1.82) is 0 Å². The maximum Gasteiger partial charge on any atom is 0.261 e. The van der Waals surface area contributed by atoms with Gasteiger partial charge in [-0.3, -0.25) is 9.59 Å². The molecular formula is C35H40N10O4. The first-order chi connectivity index (χ1) is 24.0. The normalized spacial score (nSPS) is 18.9. The molecule has 2 aliphatic carbocycles. The molecular weight excluding hydrogens is 624 g/mol. The molecule has 14 nitrogen and oxygen atoms in total. The highest BCUT2D eigenvalue weighted by molar-refractivity contribution is 5.89. The third-order valence-corrected chi connectivity index (χ3v) is 10.2. The molecule has 2 N–H and O–H groups in total. The molecule has 1 aromatic carbocycles. The van der Waals surface area contributed by atoms with Gasteiger partial charge < -0.3 is 39.0 Å². The van der Waals surface area contributed by atoms with Gasteiger partial charge in [0.1, 0.15) is 47.9 Å². The monoisotopic (exact) mass is 664 g/mol.